The van der Waals surface area contributed by atoms with E-state index in [1.807, 2.05) is 0 Å². The van der Waals surface area contributed by atoms with E-state index in [9.17, 15) is 28.1 Å². The van der Waals surface area contributed by atoms with Crippen molar-refractivity contribution < 1.29 is 22.8 Å². The smallest absolute Gasteiger partial charge is 0.421 e. The van der Waals surface area contributed by atoms with E-state index < -0.39 is 22.2 Å². The molecule has 0 aliphatic heterocycles. The fraction of sp³-hybridized carbons (Fsp3) is 0.214. The monoisotopic (exact) mass is 328 g/mol. The van der Waals surface area contributed by atoms with Crippen LogP contribution in [0.2, 0.25) is 0 Å². The molecule has 0 radical (unpaired) electrons. The van der Waals surface area contributed by atoms with Crippen molar-refractivity contribution in [1.29, 1.82) is 0 Å². The number of rotatable bonds is 5. The van der Waals surface area contributed by atoms with E-state index in [2.05, 4.69) is 0 Å². The summed E-state index contributed by atoms with van der Waals surface area (Å²) in [7, 11) is 0. The Morgan fingerprint density at radius 2 is 1.96 bits per heavy atom. The molecule has 1 heterocycles. The number of benzene rings is 1. The zero-order valence-corrected chi connectivity index (χ0v) is 11.6. The first kappa shape index (κ1) is 16.5. The topological polar surface area (TPSA) is 74.4 Å². The summed E-state index contributed by atoms with van der Waals surface area (Å²) < 4.78 is 44.0. The number of halogens is 3. The third-order valence-electron chi connectivity index (χ3n) is 2.95. The number of nitro benzene ring substituents is 1. The Labute approximate surface area is 127 Å². The second kappa shape index (κ2) is 6.51. The van der Waals surface area contributed by atoms with Crippen LogP contribution in [0.4, 0.5) is 18.9 Å². The van der Waals surface area contributed by atoms with Gasteiger partial charge in [0, 0.05) is 12.3 Å². The number of nitrogens with zero attached hydrogens (tertiary/aromatic N) is 2. The minimum atomic E-state index is -4.72. The number of aromatic nitrogens is 1. The van der Waals surface area contributed by atoms with Crippen LogP contribution in [0.3, 0.4) is 0 Å². The second-order valence-electron chi connectivity index (χ2n) is 4.52. The maximum absolute atomic E-state index is 12.6. The molecule has 1 aromatic heterocycles. The summed E-state index contributed by atoms with van der Waals surface area (Å²) in [5, 5.41) is 10.6. The highest BCUT2D eigenvalue weighted by Gasteiger charge is 2.34. The molecule has 23 heavy (non-hydrogen) atoms. The summed E-state index contributed by atoms with van der Waals surface area (Å²) in [6.07, 6.45) is -3.50. The lowest BCUT2D eigenvalue weighted by molar-refractivity contribution is -0.384. The normalized spacial score (nSPS) is 11.3. The summed E-state index contributed by atoms with van der Waals surface area (Å²) in [6, 6.07) is 7.20. The van der Waals surface area contributed by atoms with Crippen LogP contribution >= 0.6 is 0 Å². The van der Waals surface area contributed by atoms with Gasteiger partial charge in [0.15, 0.2) is 0 Å². The molecule has 9 heteroatoms. The first-order chi connectivity index (χ1) is 10.8. The molecule has 0 saturated heterocycles. The molecule has 0 amide bonds. The van der Waals surface area contributed by atoms with E-state index in [0.29, 0.717) is 6.07 Å². The minimum absolute atomic E-state index is 0.109. The van der Waals surface area contributed by atoms with Gasteiger partial charge in [-0.2, -0.15) is 13.2 Å². The van der Waals surface area contributed by atoms with Gasteiger partial charge in [-0.15, -0.1) is 0 Å². The lowest BCUT2D eigenvalue weighted by atomic mass is 10.2. The highest BCUT2D eigenvalue weighted by atomic mass is 19.4. The maximum Gasteiger partial charge on any atom is 0.421 e. The predicted molar refractivity (Wildman–Crippen MR) is 74.3 cm³/mol. The third kappa shape index (κ3) is 4.09. The van der Waals surface area contributed by atoms with Gasteiger partial charge in [-0.3, -0.25) is 14.9 Å². The van der Waals surface area contributed by atoms with Crippen molar-refractivity contribution in [3.05, 3.63) is 68.6 Å². The molecule has 6 nitrogen and oxygen atoms in total. The number of ether oxygens (including phenoxy) is 1. The van der Waals surface area contributed by atoms with Gasteiger partial charge < -0.3 is 9.30 Å². The quantitative estimate of drug-likeness (QED) is 0.625. The largest absolute Gasteiger partial charge is 0.491 e. The fourth-order valence-electron chi connectivity index (χ4n) is 1.88. The van der Waals surface area contributed by atoms with Gasteiger partial charge in [0.05, 0.1) is 17.5 Å². The molecular formula is C14H11F3N2O4. The van der Waals surface area contributed by atoms with Crippen LogP contribution < -0.4 is 10.3 Å². The third-order valence-corrected chi connectivity index (χ3v) is 2.95. The van der Waals surface area contributed by atoms with Crippen LogP contribution in [0.25, 0.3) is 0 Å². The SMILES string of the molecule is O=c1c(C(F)(F)F)cccn1CCOc1cccc([N+](=O)[O-])c1. The van der Waals surface area contributed by atoms with Crippen LogP contribution in [0.1, 0.15) is 5.56 Å². The minimum Gasteiger partial charge on any atom is -0.491 e. The van der Waals surface area contributed by atoms with Crippen molar-refractivity contribution in [2.75, 3.05) is 6.61 Å². The van der Waals surface area contributed by atoms with E-state index in [-0.39, 0.29) is 24.6 Å². The highest BCUT2D eigenvalue weighted by Crippen LogP contribution is 2.26. The van der Waals surface area contributed by atoms with Crippen molar-refractivity contribution in [2.45, 2.75) is 12.7 Å². The molecule has 1 aromatic carbocycles. The first-order valence-electron chi connectivity index (χ1n) is 6.43. The zero-order valence-electron chi connectivity index (χ0n) is 11.6. The average Bonchev–Trinajstić information content (AvgIpc) is 2.48. The molecule has 2 aromatic rings. The Morgan fingerprint density at radius 3 is 2.61 bits per heavy atom. The molecule has 0 unspecified atom stereocenters. The lowest BCUT2D eigenvalue weighted by Gasteiger charge is -2.11. The number of nitro groups is 1. The Hall–Kier alpha value is -2.84. The first-order valence-corrected chi connectivity index (χ1v) is 6.43. The Balaban J connectivity index is 2.06. The number of alkyl halides is 3. The molecule has 0 spiro atoms. The average molecular weight is 328 g/mol. The molecule has 122 valence electrons. The molecule has 0 fully saturated rings. The zero-order chi connectivity index (χ0) is 17.0. The van der Waals surface area contributed by atoms with E-state index >= 15 is 0 Å². The fourth-order valence-corrected chi connectivity index (χ4v) is 1.88. The number of non-ortho nitro benzene ring substituents is 1. The Bertz CT molecular complexity index is 771. The van der Waals surface area contributed by atoms with Gasteiger partial charge in [-0.25, -0.2) is 0 Å². The van der Waals surface area contributed by atoms with Crippen LogP contribution in [-0.2, 0) is 12.7 Å². The van der Waals surface area contributed by atoms with Crippen LogP contribution in [0.15, 0.2) is 47.4 Å². The van der Waals surface area contributed by atoms with E-state index in [0.717, 1.165) is 10.6 Å². The highest BCUT2D eigenvalue weighted by molar-refractivity contribution is 5.37. The number of pyridine rings is 1. The molecule has 0 saturated carbocycles. The molecule has 2 rings (SSSR count). The van der Waals surface area contributed by atoms with Gasteiger partial charge in [0.2, 0.25) is 0 Å². The van der Waals surface area contributed by atoms with E-state index in [1.165, 1.54) is 30.5 Å². The van der Waals surface area contributed by atoms with Gasteiger partial charge in [-0.05, 0) is 18.2 Å². The summed E-state index contributed by atoms with van der Waals surface area (Å²) in [5.41, 5.74) is -2.59. The molecule has 0 aliphatic carbocycles. The van der Waals surface area contributed by atoms with Gasteiger partial charge >= 0.3 is 6.18 Å². The molecule has 0 aliphatic rings. The molecular weight excluding hydrogens is 317 g/mol. The van der Waals surface area contributed by atoms with Gasteiger partial charge in [0.25, 0.3) is 11.2 Å². The van der Waals surface area contributed by atoms with E-state index in [4.69, 9.17) is 4.74 Å². The van der Waals surface area contributed by atoms with Crippen LogP contribution in [0, 0.1) is 10.1 Å². The van der Waals surface area contributed by atoms with Crippen molar-refractivity contribution >= 4 is 5.69 Å². The lowest BCUT2D eigenvalue weighted by Crippen LogP contribution is -2.29. The molecule has 0 atom stereocenters. The Kier molecular flexibility index (Phi) is 4.68. The van der Waals surface area contributed by atoms with Crippen molar-refractivity contribution in [3.63, 3.8) is 0 Å². The maximum atomic E-state index is 12.6. The summed E-state index contributed by atoms with van der Waals surface area (Å²) >= 11 is 0. The predicted octanol–water partition coefficient (Wildman–Crippen LogP) is 2.85. The van der Waals surface area contributed by atoms with Gasteiger partial charge in [0.1, 0.15) is 17.9 Å². The summed E-state index contributed by atoms with van der Waals surface area (Å²) in [5.74, 6) is 0.194. The van der Waals surface area contributed by atoms with E-state index in [1.54, 1.807) is 0 Å². The summed E-state index contributed by atoms with van der Waals surface area (Å²) in [6.45, 7) is -0.228. The van der Waals surface area contributed by atoms with Crippen molar-refractivity contribution in [3.8, 4) is 5.75 Å². The second-order valence-corrected chi connectivity index (χ2v) is 4.52. The van der Waals surface area contributed by atoms with Crippen LogP contribution in [-0.4, -0.2) is 16.1 Å². The number of hydrogen-bond donors (Lipinski definition) is 0. The van der Waals surface area contributed by atoms with Crippen molar-refractivity contribution in [1.82, 2.24) is 4.57 Å². The number of hydrogen-bond acceptors (Lipinski definition) is 4. The molecule has 0 N–H and O–H groups in total. The van der Waals surface area contributed by atoms with Crippen LogP contribution in [0.5, 0.6) is 5.75 Å². The molecule has 0 bridgehead atoms. The summed E-state index contributed by atoms with van der Waals surface area (Å²) in [4.78, 5) is 21.7. The van der Waals surface area contributed by atoms with Gasteiger partial charge in [-0.1, -0.05) is 6.07 Å². The van der Waals surface area contributed by atoms with Crippen molar-refractivity contribution in [2.24, 2.45) is 0 Å². The Morgan fingerprint density at radius 1 is 1.22 bits per heavy atom. The standard InChI is InChI=1S/C14H11F3N2O4/c15-14(16,17)12-5-2-6-18(13(12)20)7-8-23-11-4-1-3-10(9-11)19(21)22/h1-6,9H,7-8H2.